The highest BCUT2D eigenvalue weighted by molar-refractivity contribution is 5.36. The Balaban J connectivity index is 1.76. The lowest BCUT2D eigenvalue weighted by Crippen LogP contribution is -2.10. The Morgan fingerprint density at radius 2 is 1.90 bits per heavy atom. The van der Waals surface area contributed by atoms with Gasteiger partial charge in [-0.25, -0.2) is 9.97 Å². The van der Waals surface area contributed by atoms with Crippen LogP contribution >= 0.6 is 0 Å². The third-order valence-electron chi connectivity index (χ3n) is 3.03. The highest BCUT2D eigenvalue weighted by atomic mass is 16.5. The van der Waals surface area contributed by atoms with Crippen molar-refractivity contribution in [3.05, 3.63) is 47.9 Å². The fraction of sp³-hybridized carbons (Fsp3) is 0.412. The van der Waals surface area contributed by atoms with E-state index in [4.69, 9.17) is 4.74 Å². The molecule has 0 radical (unpaired) electrons. The number of hydrogen-bond donors (Lipinski definition) is 1. The van der Waals surface area contributed by atoms with E-state index in [2.05, 4.69) is 29.1 Å². The van der Waals surface area contributed by atoms with E-state index in [1.54, 1.807) is 0 Å². The molecule has 1 aromatic heterocycles. The normalized spacial score (nSPS) is 10.7. The van der Waals surface area contributed by atoms with Gasteiger partial charge in [-0.1, -0.05) is 32.0 Å². The van der Waals surface area contributed by atoms with Crippen molar-refractivity contribution in [3.63, 3.8) is 0 Å². The first kappa shape index (κ1) is 15.3. The first-order chi connectivity index (χ1) is 10.1. The minimum Gasteiger partial charge on any atom is -0.494 e. The van der Waals surface area contributed by atoms with Crippen molar-refractivity contribution >= 4 is 5.82 Å². The maximum atomic E-state index is 5.66. The molecule has 0 aliphatic heterocycles. The van der Waals surface area contributed by atoms with E-state index in [1.807, 2.05) is 43.3 Å². The van der Waals surface area contributed by atoms with Gasteiger partial charge in [0.1, 0.15) is 17.4 Å². The van der Waals surface area contributed by atoms with Gasteiger partial charge in [0.15, 0.2) is 0 Å². The summed E-state index contributed by atoms with van der Waals surface area (Å²) >= 11 is 0. The lowest BCUT2D eigenvalue weighted by atomic mass is 10.2. The molecule has 4 nitrogen and oxygen atoms in total. The number of rotatable bonds is 7. The highest BCUT2D eigenvalue weighted by Gasteiger charge is 2.05. The molecule has 1 heterocycles. The molecule has 1 N–H and O–H groups in total. The fourth-order valence-electron chi connectivity index (χ4n) is 1.94. The van der Waals surface area contributed by atoms with Crippen LogP contribution in [0.5, 0.6) is 5.75 Å². The summed E-state index contributed by atoms with van der Waals surface area (Å²) in [4.78, 5) is 8.97. The Labute approximate surface area is 126 Å². The fourth-order valence-corrected chi connectivity index (χ4v) is 1.94. The SMILES string of the molecule is Cc1cc(NCCCOc2ccccc2)nc(C(C)C)n1. The molecule has 0 spiro atoms. The molecular formula is C17H23N3O. The summed E-state index contributed by atoms with van der Waals surface area (Å²) < 4.78 is 5.66. The maximum Gasteiger partial charge on any atom is 0.133 e. The maximum absolute atomic E-state index is 5.66. The molecule has 0 saturated carbocycles. The first-order valence-corrected chi connectivity index (χ1v) is 7.42. The van der Waals surface area contributed by atoms with Crippen LogP contribution in [0.3, 0.4) is 0 Å². The molecule has 2 rings (SSSR count). The van der Waals surface area contributed by atoms with Gasteiger partial charge in [0.05, 0.1) is 6.61 Å². The Morgan fingerprint density at radius 1 is 1.14 bits per heavy atom. The van der Waals surface area contributed by atoms with E-state index in [0.29, 0.717) is 12.5 Å². The zero-order valence-electron chi connectivity index (χ0n) is 13.0. The van der Waals surface area contributed by atoms with Crippen LogP contribution in [-0.2, 0) is 0 Å². The Morgan fingerprint density at radius 3 is 2.62 bits per heavy atom. The van der Waals surface area contributed by atoms with Crippen molar-refractivity contribution in [2.75, 3.05) is 18.5 Å². The molecule has 0 aliphatic carbocycles. The van der Waals surface area contributed by atoms with Gasteiger partial charge in [-0.2, -0.15) is 0 Å². The van der Waals surface area contributed by atoms with Crippen molar-refractivity contribution in [3.8, 4) is 5.75 Å². The van der Waals surface area contributed by atoms with Crippen LogP contribution in [0.25, 0.3) is 0 Å². The van der Waals surface area contributed by atoms with Gasteiger partial charge in [-0.3, -0.25) is 0 Å². The van der Waals surface area contributed by atoms with Crippen molar-refractivity contribution in [2.24, 2.45) is 0 Å². The van der Waals surface area contributed by atoms with Gasteiger partial charge < -0.3 is 10.1 Å². The van der Waals surface area contributed by atoms with E-state index in [0.717, 1.165) is 36.1 Å². The van der Waals surface area contributed by atoms with E-state index in [9.17, 15) is 0 Å². The van der Waals surface area contributed by atoms with Crippen LogP contribution in [0.4, 0.5) is 5.82 Å². The minimum absolute atomic E-state index is 0.340. The number of aryl methyl sites for hydroxylation is 1. The molecule has 4 heteroatoms. The highest BCUT2D eigenvalue weighted by Crippen LogP contribution is 2.13. The predicted octanol–water partition coefficient (Wildman–Crippen LogP) is 3.79. The molecular weight excluding hydrogens is 262 g/mol. The molecule has 0 bridgehead atoms. The van der Waals surface area contributed by atoms with Crippen molar-refractivity contribution in [2.45, 2.75) is 33.1 Å². The minimum atomic E-state index is 0.340. The summed E-state index contributed by atoms with van der Waals surface area (Å²) in [7, 11) is 0. The van der Waals surface area contributed by atoms with Crippen molar-refractivity contribution < 1.29 is 4.74 Å². The number of nitrogens with zero attached hydrogens (tertiary/aromatic N) is 2. The second-order valence-electron chi connectivity index (χ2n) is 5.35. The van der Waals surface area contributed by atoms with Crippen LogP contribution in [0, 0.1) is 6.92 Å². The van der Waals surface area contributed by atoms with Gasteiger partial charge >= 0.3 is 0 Å². The zero-order valence-corrected chi connectivity index (χ0v) is 13.0. The van der Waals surface area contributed by atoms with Crippen molar-refractivity contribution in [1.29, 1.82) is 0 Å². The number of hydrogen-bond acceptors (Lipinski definition) is 4. The van der Waals surface area contributed by atoms with E-state index in [-0.39, 0.29) is 0 Å². The quantitative estimate of drug-likeness (QED) is 0.786. The number of ether oxygens (including phenoxy) is 1. The predicted molar refractivity (Wildman–Crippen MR) is 85.9 cm³/mol. The molecule has 0 aliphatic rings. The Bertz CT molecular complexity index is 555. The monoisotopic (exact) mass is 285 g/mol. The van der Waals surface area contributed by atoms with Crippen LogP contribution in [0.15, 0.2) is 36.4 Å². The van der Waals surface area contributed by atoms with Crippen LogP contribution in [0.2, 0.25) is 0 Å². The summed E-state index contributed by atoms with van der Waals surface area (Å²) in [6.07, 6.45) is 0.926. The lowest BCUT2D eigenvalue weighted by molar-refractivity contribution is 0.315. The third-order valence-corrected chi connectivity index (χ3v) is 3.03. The smallest absolute Gasteiger partial charge is 0.133 e. The first-order valence-electron chi connectivity index (χ1n) is 7.42. The molecule has 0 saturated heterocycles. The van der Waals surface area contributed by atoms with Gasteiger partial charge in [0.25, 0.3) is 0 Å². The Kier molecular flexibility index (Phi) is 5.55. The van der Waals surface area contributed by atoms with Gasteiger partial charge in [0, 0.05) is 24.2 Å². The van der Waals surface area contributed by atoms with Crippen LogP contribution < -0.4 is 10.1 Å². The summed E-state index contributed by atoms with van der Waals surface area (Å²) in [6.45, 7) is 7.73. The third kappa shape index (κ3) is 5.06. The van der Waals surface area contributed by atoms with E-state index >= 15 is 0 Å². The zero-order chi connectivity index (χ0) is 15.1. The molecule has 1 aromatic carbocycles. The number of para-hydroxylation sites is 1. The van der Waals surface area contributed by atoms with E-state index < -0.39 is 0 Å². The molecule has 0 atom stereocenters. The van der Waals surface area contributed by atoms with Crippen LogP contribution in [0.1, 0.15) is 37.7 Å². The van der Waals surface area contributed by atoms with Crippen LogP contribution in [-0.4, -0.2) is 23.1 Å². The van der Waals surface area contributed by atoms with Gasteiger partial charge in [0.2, 0.25) is 0 Å². The van der Waals surface area contributed by atoms with Gasteiger partial charge in [-0.05, 0) is 25.5 Å². The average molecular weight is 285 g/mol. The summed E-state index contributed by atoms with van der Waals surface area (Å²) in [5, 5.41) is 3.34. The molecule has 2 aromatic rings. The summed E-state index contributed by atoms with van der Waals surface area (Å²) in [5.41, 5.74) is 0.997. The second kappa shape index (κ2) is 7.62. The van der Waals surface area contributed by atoms with Gasteiger partial charge in [-0.15, -0.1) is 0 Å². The molecule has 21 heavy (non-hydrogen) atoms. The summed E-state index contributed by atoms with van der Waals surface area (Å²) in [5.74, 6) is 3.04. The molecule has 0 amide bonds. The average Bonchev–Trinajstić information content (AvgIpc) is 2.47. The standard InChI is InChI=1S/C17H23N3O/c1-13(2)17-19-14(3)12-16(20-17)18-10-7-11-21-15-8-5-4-6-9-15/h4-6,8-9,12-13H,7,10-11H2,1-3H3,(H,18,19,20). The van der Waals surface area contributed by atoms with Crippen molar-refractivity contribution in [1.82, 2.24) is 9.97 Å². The largest absolute Gasteiger partial charge is 0.494 e. The summed E-state index contributed by atoms with van der Waals surface area (Å²) in [6, 6.07) is 11.9. The molecule has 112 valence electrons. The number of benzene rings is 1. The number of anilines is 1. The number of aromatic nitrogens is 2. The molecule has 0 fully saturated rings. The number of nitrogens with one attached hydrogen (secondary N) is 1. The second-order valence-corrected chi connectivity index (χ2v) is 5.35. The topological polar surface area (TPSA) is 47.0 Å². The molecule has 0 unspecified atom stereocenters. The Hall–Kier alpha value is -2.10. The van der Waals surface area contributed by atoms with E-state index in [1.165, 1.54) is 0 Å². The lowest BCUT2D eigenvalue weighted by Gasteiger charge is -2.10.